The standard InChI is InChI=1S/C17H18BrF4NO3/c1-15(2,19)10-13(14(25)26)23-16(8-3-9-24,17(20,21)22)11-4-6-12(18)7-5-11/h4-7,13,23-24H,9-10H2,1-2H3,(H,25,26)/t13-,16?/m0/s1. The summed E-state index contributed by atoms with van der Waals surface area (Å²) in [6.07, 6.45) is -5.76. The topological polar surface area (TPSA) is 69.6 Å². The van der Waals surface area contributed by atoms with Crippen molar-refractivity contribution in [3.05, 3.63) is 34.3 Å². The van der Waals surface area contributed by atoms with Gasteiger partial charge in [-0.25, -0.2) is 4.39 Å². The highest BCUT2D eigenvalue weighted by Gasteiger charge is 2.57. The van der Waals surface area contributed by atoms with E-state index in [4.69, 9.17) is 5.11 Å². The third-order valence-corrected chi connectivity index (χ3v) is 3.96. The highest BCUT2D eigenvalue weighted by molar-refractivity contribution is 9.10. The van der Waals surface area contributed by atoms with E-state index in [1.54, 1.807) is 0 Å². The molecule has 1 aromatic carbocycles. The largest absolute Gasteiger partial charge is 0.480 e. The van der Waals surface area contributed by atoms with Gasteiger partial charge in [0.1, 0.15) is 18.3 Å². The summed E-state index contributed by atoms with van der Waals surface area (Å²) in [5.74, 6) is 2.19. The van der Waals surface area contributed by atoms with Crippen molar-refractivity contribution in [3.8, 4) is 11.8 Å². The second-order valence-electron chi connectivity index (χ2n) is 6.17. The van der Waals surface area contributed by atoms with Gasteiger partial charge in [0.25, 0.3) is 0 Å². The first-order valence-corrected chi connectivity index (χ1v) is 8.25. The number of carboxylic acid groups (broad SMARTS) is 1. The van der Waals surface area contributed by atoms with E-state index in [1.807, 2.05) is 17.2 Å². The van der Waals surface area contributed by atoms with Crippen molar-refractivity contribution in [2.45, 2.75) is 43.7 Å². The summed E-state index contributed by atoms with van der Waals surface area (Å²) in [5.41, 5.74) is -5.50. The van der Waals surface area contributed by atoms with Gasteiger partial charge in [0, 0.05) is 10.9 Å². The van der Waals surface area contributed by atoms with Crippen LogP contribution in [-0.4, -0.2) is 40.7 Å². The Morgan fingerprint density at radius 1 is 1.23 bits per heavy atom. The lowest BCUT2D eigenvalue weighted by molar-refractivity contribution is -0.186. The van der Waals surface area contributed by atoms with Crippen LogP contribution in [0.5, 0.6) is 0 Å². The molecule has 0 radical (unpaired) electrons. The summed E-state index contributed by atoms with van der Waals surface area (Å²) in [7, 11) is 0. The highest BCUT2D eigenvalue weighted by atomic mass is 79.9. The molecule has 0 fully saturated rings. The molecule has 26 heavy (non-hydrogen) atoms. The SMILES string of the molecule is CC(C)(F)C[C@H](NC(C#CCO)(c1ccc(Br)cc1)C(F)(F)F)C(=O)O. The molecule has 0 saturated heterocycles. The third kappa shape index (κ3) is 5.69. The zero-order valence-corrected chi connectivity index (χ0v) is 15.6. The lowest BCUT2D eigenvalue weighted by atomic mass is 9.87. The Balaban J connectivity index is 3.56. The van der Waals surface area contributed by atoms with Crippen LogP contribution < -0.4 is 5.32 Å². The summed E-state index contributed by atoms with van der Waals surface area (Å²) in [4.78, 5) is 11.4. The average Bonchev–Trinajstić information content (AvgIpc) is 2.48. The van der Waals surface area contributed by atoms with Crippen molar-refractivity contribution in [2.24, 2.45) is 0 Å². The predicted octanol–water partition coefficient (Wildman–Crippen LogP) is 3.38. The van der Waals surface area contributed by atoms with Gasteiger partial charge in [-0.2, -0.15) is 13.2 Å². The molecule has 0 amide bonds. The molecule has 3 N–H and O–H groups in total. The maximum atomic E-state index is 14.0. The minimum atomic E-state index is -5.04. The summed E-state index contributed by atoms with van der Waals surface area (Å²) < 4.78 is 56.4. The Kier molecular flexibility index (Phi) is 7.22. The molecule has 1 unspecified atom stereocenters. The van der Waals surface area contributed by atoms with Gasteiger partial charge in [0.15, 0.2) is 0 Å². The molecule has 0 saturated carbocycles. The van der Waals surface area contributed by atoms with E-state index >= 15 is 0 Å². The molecule has 0 aliphatic heterocycles. The van der Waals surface area contributed by atoms with Crippen LogP contribution in [0.2, 0.25) is 0 Å². The minimum Gasteiger partial charge on any atom is -0.480 e. The molecule has 2 atom stereocenters. The Bertz CT molecular complexity index is 689. The second kappa shape index (κ2) is 8.37. The third-order valence-electron chi connectivity index (χ3n) is 3.44. The number of benzene rings is 1. The lowest BCUT2D eigenvalue weighted by Crippen LogP contribution is -2.59. The van der Waals surface area contributed by atoms with Crippen LogP contribution >= 0.6 is 15.9 Å². The fraction of sp³-hybridized carbons (Fsp3) is 0.471. The molecule has 0 heterocycles. The molecule has 0 aromatic heterocycles. The molecular weight excluding hydrogens is 422 g/mol. The van der Waals surface area contributed by atoms with Crippen molar-refractivity contribution < 1.29 is 32.6 Å². The Labute approximate surface area is 156 Å². The van der Waals surface area contributed by atoms with E-state index < -0.39 is 42.4 Å². The molecule has 1 aromatic rings. The van der Waals surface area contributed by atoms with Crippen molar-refractivity contribution in [2.75, 3.05) is 6.61 Å². The van der Waals surface area contributed by atoms with Crippen molar-refractivity contribution in [1.29, 1.82) is 0 Å². The smallest absolute Gasteiger partial charge is 0.422 e. The number of hydrogen-bond donors (Lipinski definition) is 3. The fourth-order valence-corrected chi connectivity index (χ4v) is 2.59. The average molecular weight is 440 g/mol. The van der Waals surface area contributed by atoms with Gasteiger partial charge in [-0.15, -0.1) is 0 Å². The van der Waals surface area contributed by atoms with Gasteiger partial charge < -0.3 is 10.2 Å². The number of aliphatic carboxylic acids is 1. The number of halogens is 5. The quantitative estimate of drug-likeness (QED) is 0.469. The van der Waals surface area contributed by atoms with Crippen LogP contribution in [0.3, 0.4) is 0 Å². The van der Waals surface area contributed by atoms with Crippen LogP contribution in [0.15, 0.2) is 28.7 Å². The summed E-state index contributed by atoms with van der Waals surface area (Å²) >= 11 is 3.11. The summed E-state index contributed by atoms with van der Waals surface area (Å²) in [6, 6.07) is 3.06. The van der Waals surface area contributed by atoms with Crippen molar-refractivity contribution in [3.63, 3.8) is 0 Å². The Morgan fingerprint density at radius 2 is 1.77 bits per heavy atom. The zero-order valence-electron chi connectivity index (χ0n) is 14.0. The van der Waals surface area contributed by atoms with E-state index in [2.05, 4.69) is 15.9 Å². The first kappa shape index (κ1) is 22.4. The van der Waals surface area contributed by atoms with Crippen LogP contribution in [0.1, 0.15) is 25.8 Å². The monoisotopic (exact) mass is 439 g/mol. The van der Waals surface area contributed by atoms with Gasteiger partial charge >= 0.3 is 12.1 Å². The fourth-order valence-electron chi connectivity index (χ4n) is 2.33. The number of hydrogen-bond acceptors (Lipinski definition) is 3. The van der Waals surface area contributed by atoms with Crippen LogP contribution in [-0.2, 0) is 10.3 Å². The van der Waals surface area contributed by atoms with E-state index in [0.29, 0.717) is 4.47 Å². The second-order valence-corrected chi connectivity index (χ2v) is 7.09. The van der Waals surface area contributed by atoms with E-state index in [-0.39, 0.29) is 5.56 Å². The molecular formula is C17H18BrF4NO3. The van der Waals surface area contributed by atoms with Crippen molar-refractivity contribution in [1.82, 2.24) is 5.32 Å². The Hall–Kier alpha value is -1.63. The van der Waals surface area contributed by atoms with E-state index in [9.17, 15) is 27.5 Å². The van der Waals surface area contributed by atoms with Crippen LogP contribution in [0.25, 0.3) is 0 Å². The molecule has 9 heteroatoms. The molecule has 4 nitrogen and oxygen atoms in total. The number of carboxylic acids is 1. The number of nitrogens with one attached hydrogen (secondary N) is 1. The molecule has 1 rings (SSSR count). The number of alkyl halides is 4. The van der Waals surface area contributed by atoms with Gasteiger partial charge in [0.05, 0.1) is 0 Å². The molecule has 0 spiro atoms. The van der Waals surface area contributed by atoms with Crippen LogP contribution in [0, 0.1) is 11.8 Å². The molecule has 144 valence electrons. The molecule has 0 aliphatic carbocycles. The first-order chi connectivity index (χ1) is 11.8. The Morgan fingerprint density at radius 3 is 2.15 bits per heavy atom. The van der Waals surface area contributed by atoms with Crippen LogP contribution in [0.4, 0.5) is 17.6 Å². The van der Waals surface area contributed by atoms with Gasteiger partial charge in [-0.1, -0.05) is 39.9 Å². The first-order valence-electron chi connectivity index (χ1n) is 7.45. The predicted molar refractivity (Wildman–Crippen MR) is 91.1 cm³/mol. The molecule has 0 aliphatic rings. The van der Waals surface area contributed by atoms with E-state index in [1.165, 1.54) is 12.1 Å². The highest BCUT2D eigenvalue weighted by Crippen LogP contribution is 2.40. The maximum absolute atomic E-state index is 14.0. The lowest BCUT2D eigenvalue weighted by Gasteiger charge is -2.36. The number of aliphatic hydroxyl groups is 1. The summed E-state index contributed by atoms with van der Waals surface area (Å²) in [6.45, 7) is 1.28. The maximum Gasteiger partial charge on any atom is 0.422 e. The van der Waals surface area contributed by atoms with E-state index in [0.717, 1.165) is 26.0 Å². The van der Waals surface area contributed by atoms with Gasteiger partial charge in [-0.05, 0) is 31.5 Å². The van der Waals surface area contributed by atoms with Crippen molar-refractivity contribution >= 4 is 21.9 Å². The molecule has 0 bridgehead atoms. The number of carbonyl (C=O) groups is 1. The minimum absolute atomic E-state index is 0.378. The normalized spacial score (nSPS) is 15.5. The zero-order chi connectivity index (χ0) is 20.2. The number of rotatable bonds is 6. The number of aliphatic hydroxyl groups excluding tert-OH is 1. The van der Waals surface area contributed by atoms with Gasteiger partial charge in [-0.3, -0.25) is 10.1 Å². The van der Waals surface area contributed by atoms with Gasteiger partial charge in [0.2, 0.25) is 5.54 Å². The summed E-state index contributed by atoms with van der Waals surface area (Å²) in [5, 5.41) is 20.1.